The molecule has 68 heavy (non-hydrogen) atoms. The molecule has 0 atom stereocenters. The van der Waals surface area contributed by atoms with E-state index in [0.29, 0.717) is 17.5 Å². The van der Waals surface area contributed by atoms with E-state index >= 15 is 0 Å². The molecule has 0 spiro atoms. The largest absolute Gasteiger partial charge is 0.456 e. The number of aromatic nitrogens is 4. The van der Waals surface area contributed by atoms with Crippen LogP contribution in [0.5, 0.6) is 0 Å². The molecule has 13 rings (SSSR count). The van der Waals surface area contributed by atoms with Crippen LogP contribution in [0, 0.1) is 0 Å². The van der Waals surface area contributed by atoms with Crippen LogP contribution in [-0.4, -0.2) is 19.5 Å². The van der Waals surface area contributed by atoms with E-state index in [4.69, 9.17) is 19.4 Å². The predicted molar refractivity (Wildman–Crippen MR) is 279 cm³/mol. The van der Waals surface area contributed by atoms with Crippen LogP contribution in [0.15, 0.2) is 247 Å². The van der Waals surface area contributed by atoms with Crippen LogP contribution in [0.2, 0.25) is 0 Å². The maximum atomic E-state index is 6.86. The van der Waals surface area contributed by atoms with Crippen molar-refractivity contribution in [2.24, 2.45) is 0 Å². The van der Waals surface area contributed by atoms with Gasteiger partial charge in [0.1, 0.15) is 11.2 Å². The standard InChI is InChI=1S/C63H40N4O/c1-6-19-41(20-7-1)49-30-18-31-50(42-21-8-2-9-22-42)60(49)46-34-35-48(55(37-46)63-65-61(43-23-10-3-11-24-43)64-62(66-63)44-25-12-4-13-26-44)45-33-36-52-54-39-57-53(40-59(54)68-58(52)38-45)51-29-16-17-32-56(51)67(57)47-27-14-5-15-28-47/h1-40H. The maximum absolute atomic E-state index is 6.86. The molecule has 13 aromatic rings. The van der Waals surface area contributed by atoms with Crippen molar-refractivity contribution in [1.82, 2.24) is 19.5 Å². The number of rotatable bonds is 8. The van der Waals surface area contributed by atoms with Gasteiger partial charge in [0.05, 0.1) is 11.0 Å². The minimum absolute atomic E-state index is 0.578. The minimum atomic E-state index is 0.578. The summed E-state index contributed by atoms with van der Waals surface area (Å²) in [4.78, 5) is 15.7. The molecule has 3 heterocycles. The first-order valence-corrected chi connectivity index (χ1v) is 22.9. The van der Waals surface area contributed by atoms with Gasteiger partial charge in [0.25, 0.3) is 0 Å². The van der Waals surface area contributed by atoms with E-state index in [1.165, 1.54) is 5.39 Å². The van der Waals surface area contributed by atoms with Gasteiger partial charge in [-0.05, 0) is 93.0 Å². The van der Waals surface area contributed by atoms with E-state index in [-0.39, 0.29) is 0 Å². The Morgan fingerprint density at radius 2 is 0.809 bits per heavy atom. The molecule has 10 aromatic carbocycles. The molecule has 0 saturated heterocycles. The third kappa shape index (κ3) is 6.76. The SMILES string of the molecule is c1ccc(-c2nc(-c3ccccc3)nc(-c3cc(-c4c(-c5ccccc5)cccc4-c4ccccc4)ccc3-c3ccc4c(c3)oc3cc5c6ccccc6n(-c6ccccc6)c5cc34)n2)cc1. The quantitative estimate of drug-likeness (QED) is 0.153. The van der Waals surface area contributed by atoms with Gasteiger partial charge in [-0.25, -0.2) is 15.0 Å². The van der Waals surface area contributed by atoms with E-state index in [1.807, 2.05) is 36.4 Å². The summed E-state index contributed by atoms with van der Waals surface area (Å²) in [6.07, 6.45) is 0. The lowest BCUT2D eigenvalue weighted by atomic mass is 9.85. The zero-order valence-electron chi connectivity index (χ0n) is 36.8. The average molecular weight is 869 g/mol. The smallest absolute Gasteiger partial charge is 0.164 e. The van der Waals surface area contributed by atoms with Crippen molar-refractivity contribution in [3.8, 4) is 84.4 Å². The fourth-order valence-electron chi connectivity index (χ4n) is 9.91. The van der Waals surface area contributed by atoms with Crippen molar-refractivity contribution in [1.29, 1.82) is 0 Å². The summed E-state index contributed by atoms with van der Waals surface area (Å²) < 4.78 is 9.21. The number of benzene rings is 10. The summed E-state index contributed by atoms with van der Waals surface area (Å²) in [7, 11) is 0. The highest BCUT2D eigenvalue weighted by Crippen LogP contribution is 2.45. The molecule has 0 radical (unpaired) electrons. The average Bonchev–Trinajstić information content (AvgIpc) is 3.95. The van der Waals surface area contributed by atoms with E-state index < -0.39 is 0 Å². The number of para-hydroxylation sites is 2. The Hall–Kier alpha value is -9.19. The van der Waals surface area contributed by atoms with Gasteiger partial charge in [0.2, 0.25) is 0 Å². The van der Waals surface area contributed by atoms with Crippen LogP contribution in [0.25, 0.3) is 128 Å². The van der Waals surface area contributed by atoms with Gasteiger partial charge in [0, 0.05) is 43.9 Å². The number of furan rings is 1. The summed E-state index contributed by atoms with van der Waals surface area (Å²) in [6, 6.07) is 85.2. The molecule has 0 amide bonds. The first-order valence-electron chi connectivity index (χ1n) is 22.9. The second-order valence-corrected chi connectivity index (χ2v) is 17.1. The van der Waals surface area contributed by atoms with Gasteiger partial charge in [-0.2, -0.15) is 0 Å². The van der Waals surface area contributed by atoms with Crippen molar-refractivity contribution in [3.63, 3.8) is 0 Å². The normalized spacial score (nSPS) is 11.5. The van der Waals surface area contributed by atoms with E-state index in [2.05, 4.69) is 211 Å². The highest BCUT2D eigenvalue weighted by Gasteiger charge is 2.22. The number of hydrogen-bond donors (Lipinski definition) is 0. The Labute approximate surface area is 392 Å². The summed E-state index contributed by atoms with van der Waals surface area (Å²) in [5.41, 5.74) is 16.5. The summed E-state index contributed by atoms with van der Waals surface area (Å²) in [5, 5.41) is 4.46. The zero-order valence-corrected chi connectivity index (χ0v) is 36.8. The number of hydrogen-bond acceptors (Lipinski definition) is 4. The lowest BCUT2D eigenvalue weighted by Gasteiger charge is -2.19. The molecule has 0 unspecified atom stereocenters. The van der Waals surface area contributed by atoms with Crippen LogP contribution < -0.4 is 0 Å². The third-order valence-electron chi connectivity index (χ3n) is 13.1. The van der Waals surface area contributed by atoms with Gasteiger partial charge in [-0.15, -0.1) is 0 Å². The van der Waals surface area contributed by atoms with Crippen molar-refractivity contribution in [2.75, 3.05) is 0 Å². The van der Waals surface area contributed by atoms with Crippen LogP contribution in [-0.2, 0) is 0 Å². The molecular formula is C63H40N4O. The Bertz CT molecular complexity index is 3880. The van der Waals surface area contributed by atoms with E-state index in [9.17, 15) is 0 Å². The maximum Gasteiger partial charge on any atom is 0.164 e. The monoisotopic (exact) mass is 868 g/mol. The number of fused-ring (bicyclic) bond motifs is 6. The van der Waals surface area contributed by atoms with Crippen LogP contribution in [0.3, 0.4) is 0 Å². The molecule has 0 aliphatic carbocycles. The molecule has 318 valence electrons. The minimum Gasteiger partial charge on any atom is -0.456 e. The van der Waals surface area contributed by atoms with Gasteiger partial charge < -0.3 is 8.98 Å². The van der Waals surface area contributed by atoms with Crippen molar-refractivity contribution in [2.45, 2.75) is 0 Å². The Kier molecular flexibility index (Phi) is 9.43. The lowest BCUT2D eigenvalue weighted by Crippen LogP contribution is -2.01. The number of nitrogens with zero attached hydrogens (tertiary/aromatic N) is 4. The van der Waals surface area contributed by atoms with Crippen LogP contribution in [0.4, 0.5) is 0 Å². The van der Waals surface area contributed by atoms with Crippen LogP contribution >= 0.6 is 0 Å². The molecular weight excluding hydrogens is 829 g/mol. The molecule has 0 saturated carbocycles. The van der Waals surface area contributed by atoms with Gasteiger partial charge in [-0.1, -0.05) is 194 Å². The summed E-state index contributed by atoms with van der Waals surface area (Å²) in [6.45, 7) is 0. The Morgan fingerprint density at radius 1 is 0.279 bits per heavy atom. The topological polar surface area (TPSA) is 56.7 Å². The molecule has 3 aromatic heterocycles. The predicted octanol–water partition coefficient (Wildman–Crippen LogP) is 16.5. The zero-order chi connectivity index (χ0) is 45.0. The van der Waals surface area contributed by atoms with Crippen LogP contribution in [0.1, 0.15) is 0 Å². The fraction of sp³-hybridized carbons (Fsp3) is 0. The fourth-order valence-corrected chi connectivity index (χ4v) is 9.91. The highest BCUT2D eigenvalue weighted by atomic mass is 16.3. The second kappa shape index (κ2) is 16.4. The van der Waals surface area contributed by atoms with E-state index in [1.54, 1.807) is 0 Å². The van der Waals surface area contributed by atoms with Crippen molar-refractivity contribution in [3.05, 3.63) is 243 Å². The molecule has 0 aliphatic heterocycles. The molecule has 5 heteroatoms. The first-order chi connectivity index (χ1) is 33.7. The van der Waals surface area contributed by atoms with Crippen molar-refractivity contribution >= 4 is 43.7 Å². The third-order valence-corrected chi connectivity index (χ3v) is 13.1. The molecule has 5 nitrogen and oxygen atoms in total. The summed E-state index contributed by atoms with van der Waals surface area (Å²) in [5.74, 6) is 1.79. The first kappa shape index (κ1) is 39.2. The summed E-state index contributed by atoms with van der Waals surface area (Å²) >= 11 is 0. The molecule has 0 N–H and O–H groups in total. The molecule has 0 aliphatic rings. The highest BCUT2D eigenvalue weighted by molar-refractivity contribution is 6.17. The molecule has 0 fully saturated rings. The van der Waals surface area contributed by atoms with Gasteiger partial charge in [0.15, 0.2) is 17.5 Å². The Balaban J connectivity index is 1.05. The Morgan fingerprint density at radius 3 is 1.44 bits per heavy atom. The van der Waals surface area contributed by atoms with Gasteiger partial charge in [-0.3, -0.25) is 0 Å². The van der Waals surface area contributed by atoms with Crippen molar-refractivity contribution < 1.29 is 4.42 Å². The lowest BCUT2D eigenvalue weighted by molar-refractivity contribution is 0.669. The molecule has 0 bridgehead atoms. The van der Waals surface area contributed by atoms with Gasteiger partial charge >= 0.3 is 0 Å². The van der Waals surface area contributed by atoms with E-state index in [0.717, 1.165) is 105 Å². The second-order valence-electron chi connectivity index (χ2n) is 17.1.